The van der Waals surface area contributed by atoms with E-state index in [0.717, 1.165) is 48.4 Å². The van der Waals surface area contributed by atoms with Crippen LogP contribution in [-0.4, -0.2) is 42.0 Å². The second kappa shape index (κ2) is 11.0. The monoisotopic (exact) mass is 532 g/mol. The van der Waals surface area contributed by atoms with Gasteiger partial charge in [-0.2, -0.15) is 0 Å². The SMILES string of the molecule is COc1cccc(C(=O)NC2CC3CCC(C2)N3c2ccc(C(=O)N[C@@H](C)c3ccc(Cl)cc3)cn2)c1C. The highest BCUT2D eigenvalue weighted by molar-refractivity contribution is 6.30. The van der Waals surface area contributed by atoms with Crippen molar-refractivity contribution in [1.82, 2.24) is 15.6 Å². The van der Waals surface area contributed by atoms with E-state index in [1.165, 1.54) is 0 Å². The number of hydrogen-bond donors (Lipinski definition) is 2. The number of nitrogens with zero attached hydrogens (tertiary/aromatic N) is 2. The van der Waals surface area contributed by atoms with Crippen LogP contribution in [0.5, 0.6) is 5.75 Å². The fourth-order valence-electron chi connectivity index (χ4n) is 5.80. The minimum Gasteiger partial charge on any atom is -0.496 e. The number of aromatic nitrogens is 1. The molecule has 2 fully saturated rings. The van der Waals surface area contributed by atoms with Crippen molar-refractivity contribution in [1.29, 1.82) is 0 Å². The van der Waals surface area contributed by atoms with Crippen molar-refractivity contribution in [2.45, 2.75) is 63.7 Å². The number of anilines is 1. The van der Waals surface area contributed by atoms with Crippen LogP contribution >= 0.6 is 11.6 Å². The number of amides is 2. The van der Waals surface area contributed by atoms with E-state index < -0.39 is 0 Å². The highest BCUT2D eigenvalue weighted by Gasteiger charge is 2.42. The zero-order valence-electron chi connectivity index (χ0n) is 21.9. The quantitative estimate of drug-likeness (QED) is 0.421. The summed E-state index contributed by atoms with van der Waals surface area (Å²) in [4.78, 5) is 32.9. The molecule has 2 amide bonds. The largest absolute Gasteiger partial charge is 0.496 e. The Kier molecular flexibility index (Phi) is 7.56. The van der Waals surface area contributed by atoms with Crippen LogP contribution in [0.25, 0.3) is 0 Å². The summed E-state index contributed by atoms with van der Waals surface area (Å²) in [7, 11) is 1.62. The average molecular weight is 533 g/mol. The van der Waals surface area contributed by atoms with Crippen LogP contribution in [0.15, 0.2) is 60.8 Å². The molecular weight excluding hydrogens is 500 g/mol. The number of pyridine rings is 1. The van der Waals surface area contributed by atoms with Gasteiger partial charge in [0.1, 0.15) is 11.6 Å². The van der Waals surface area contributed by atoms with Gasteiger partial charge in [0, 0.05) is 40.5 Å². The van der Waals surface area contributed by atoms with Gasteiger partial charge in [-0.15, -0.1) is 0 Å². The zero-order chi connectivity index (χ0) is 26.8. The van der Waals surface area contributed by atoms with E-state index in [9.17, 15) is 9.59 Å². The first-order valence-electron chi connectivity index (χ1n) is 13.1. The molecule has 0 spiro atoms. The average Bonchev–Trinajstić information content (AvgIpc) is 3.19. The molecule has 0 saturated carbocycles. The van der Waals surface area contributed by atoms with Crippen LogP contribution < -0.4 is 20.3 Å². The molecule has 3 heterocycles. The lowest BCUT2D eigenvalue weighted by atomic mass is 9.96. The molecule has 1 aromatic heterocycles. The molecule has 2 aromatic carbocycles. The first kappa shape index (κ1) is 26.0. The summed E-state index contributed by atoms with van der Waals surface area (Å²) < 4.78 is 5.38. The van der Waals surface area contributed by atoms with E-state index in [4.69, 9.17) is 16.3 Å². The third kappa shape index (κ3) is 5.34. The molecule has 2 saturated heterocycles. The molecule has 3 aromatic rings. The second-order valence-corrected chi connectivity index (χ2v) is 10.7. The molecule has 3 atom stereocenters. The molecule has 2 aliphatic heterocycles. The number of fused-ring (bicyclic) bond motifs is 2. The summed E-state index contributed by atoms with van der Waals surface area (Å²) in [6.07, 6.45) is 5.52. The lowest BCUT2D eigenvalue weighted by Crippen LogP contribution is -2.50. The molecule has 38 heavy (non-hydrogen) atoms. The number of piperidine rings is 1. The number of halogens is 1. The fourth-order valence-corrected chi connectivity index (χ4v) is 5.93. The molecule has 198 valence electrons. The van der Waals surface area contributed by atoms with Crippen molar-refractivity contribution in [3.63, 3.8) is 0 Å². The number of carbonyl (C=O) groups excluding carboxylic acids is 2. The summed E-state index contributed by atoms with van der Waals surface area (Å²) in [5, 5.41) is 6.95. The second-order valence-electron chi connectivity index (χ2n) is 10.2. The molecule has 2 bridgehead atoms. The van der Waals surface area contributed by atoms with Gasteiger partial charge in [0.2, 0.25) is 0 Å². The van der Waals surface area contributed by atoms with Gasteiger partial charge < -0.3 is 20.3 Å². The van der Waals surface area contributed by atoms with Crippen LogP contribution in [0.1, 0.15) is 70.5 Å². The van der Waals surface area contributed by atoms with E-state index in [2.05, 4.69) is 20.5 Å². The Hall–Kier alpha value is -3.58. The van der Waals surface area contributed by atoms with E-state index in [0.29, 0.717) is 28.2 Å². The van der Waals surface area contributed by atoms with Crippen molar-refractivity contribution < 1.29 is 14.3 Å². The molecule has 2 aliphatic rings. The highest BCUT2D eigenvalue weighted by atomic mass is 35.5. The Balaban J connectivity index is 1.20. The molecule has 0 aliphatic carbocycles. The maximum atomic E-state index is 13.0. The molecule has 0 radical (unpaired) electrons. The Morgan fingerprint density at radius 2 is 1.74 bits per heavy atom. The van der Waals surface area contributed by atoms with E-state index in [1.54, 1.807) is 13.3 Å². The van der Waals surface area contributed by atoms with Crippen molar-refractivity contribution in [3.8, 4) is 5.75 Å². The van der Waals surface area contributed by atoms with Gasteiger partial charge in [0.05, 0.1) is 18.7 Å². The summed E-state index contributed by atoms with van der Waals surface area (Å²) in [6, 6.07) is 17.4. The standard InChI is InChI=1S/C30H33ClN4O3/c1-18-26(5-4-6-27(18)38-3)30(37)34-23-15-24-12-13-25(16-23)35(24)28-14-9-21(17-32-28)29(36)33-19(2)20-7-10-22(31)11-8-20/h4-11,14,17,19,23-25H,12-13,15-16H2,1-3H3,(H,33,36)(H,34,37)/t19-,23?,24?,25?/m0/s1. The molecular formula is C30H33ClN4O3. The molecule has 5 rings (SSSR count). The number of ether oxygens (including phenoxy) is 1. The maximum Gasteiger partial charge on any atom is 0.253 e. The third-order valence-corrected chi connectivity index (χ3v) is 8.06. The normalized spacial score (nSPS) is 21.1. The van der Waals surface area contributed by atoms with Crippen molar-refractivity contribution >= 4 is 29.2 Å². The third-order valence-electron chi connectivity index (χ3n) is 7.81. The summed E-state index contributed by atoms with van der Waals surface area (Å²) in [5.74, 6) is 1.38. The number of hydrogen-bond acceptors (Lipinski definition) is 5. The fraction of sp³-hybridized carbons (Fsp3) is 0.367. The maximum absolute atomic E-state index is 13.0. The number of rotatable bonds is 7. The van der Waals surface area contributed by atoms with E-state index in [-0.39, 0.29) is 23.9 Å². The van der Waals surface area contributed by atoms with Crippen LogP contribution in [0.2, 0.25) is 5.02 Å². The lowest BCUT2D eigenvalue weighted by molar-refractivity contribution is 0.0922. The van der Waals surface area contributed by atoms with Crippen molar-refractivity contribution in [2.75, 3.05) is 12.0 Å². The van der Waals surface area contributed by atoms with Gasteiger partial charge in [0.15, 0.2) is 0 Å². The first-order valence-corrected chi connectivity index (χ1v) is 13.5. The summed E-state index contributed by atoms with van der Waals surface area (Å²) in [5.41, 5.74) is 3.02. The van der Waals surface area contributed by atoms with Gasteiger partial charge in [-0.1, -0.05) is 29.8 Å². The Labute approximate surface area is 228 Å². The summed E-state index contributed by atoms with van der Waals surface area (Å²) >= 11 is 5.97. The van der Waals surface area contributed by atoms with Crippen LogP contribution in [0, 0.1) is 6.92 Å². The highest BCUT2D eigenvalue weighted by Crippen LogP contribution is 2.38. The van der Waals surface area contributed by atoms with Crippen LogP contribution in [-0.2, 0) is 0 Å². The number of methoxy groups -OCH3 is 1. The van der Waals surface area contributed by atoms with Crippen LogP contribution in [0.4, 0.5) is 5.82 Å². The number of benzene rings is 2. The first-order chi connectivity index (χ1) is 18.3. The minimum atomic E-state index is -0.163. The topological polar surface area (TPSA) is 83.6 Å². The van der Waals surface area contributed by atoms with Gasteiger partial charge in [0.25, 0.3) is 11.8 Å². The van der Waals surface area contributed by atoms with Crippen LogP contribution in [0.3, 0.4) is 0 Å². The zero-order valence-corrected chi connectivity index (χ0v) is 22.7. The van der Waals surface area contributed by atoms with Gasteiger partial charge >= 0.3 is 0 Å². The minimum absolute atomic E-state index is 0.0550. The Morgan fingerprint density at radius 1 is 1.03 bits per heavy atom. The predicted molar refractivity (Wildman–Crippen MR) is 149 cm³/mol. The molecule has 7 nitrogen and oxygen atoms in total. The Morgan fingerprint density at radius 3 is 2.37 bits per heavy atom. The number of nitrogens with one attached hydrogen (secondary N) is 2. The molecule has 2 unspecified atom stereocenters. The van der Waals surface area contributed by atoms with Crippen molar-refractivity contribution in [3.05, 3.63) is 88.1 Å². The summed E-state index contributed by atoms with van der Waals surface area (Å²) in [6.45, 7) is 3.85. The van der Waals surface area contributed by atoms with E-state index >= 15 is 0 Å². The predicted octanol–water partition coefficient (Wildman–Crippen LogP) is 5.47. The smallest absolute Gasteiger partial charge is 0.253 e. The molecule has 2 N–H and O–H groups in total. The molecule has 8 heteroatoms. The lowest BCUT2D eigenvalue weighted by Gasteiger charge is -2.40. The van der Waals surface area contributed by atoms with Gasteiger partial charge in [-0.3, -0.25) is 9.59 Å². The number of carbonyl (C=O) groups is 2. The van der Waals surface area contributed by atoms with E-state index in [1.807, 2.05) is 68.4 Å². The van der Waals surface area contributed by atoms with Crippen molar-refractivity contribution in [2.24, 2.45) is 0 Å². The van der Waals surface area contributed by atoms with Gasteiger partial charge in [-0.05, 0) is 81.5 Å². The Bertz CT molecular complexity index is 1300. The van der Waals surface area contributed by atoms with Gasteiger partial charge in [-0.25, -0.2) is 4.98 Å².